The molecule has 134 valence electrons. The van der Waals surface area contributed by atoms with Gasteiger partial charge in [-0.05, 0) is 38.1 Å². The topological polar surface area (TPSA) is 46.9 Å². The lowest BCUT2D eigenvalue weighted by atomic mass is 10.1. The zero-order valence-electron chi connectivity index (χ0n) is 14.6. The fraction of sp³-hybridized carbons (Fsp3) is 0.200. The fourth-order valence-electron chi connectivity index (χ4n) is 2.58. The fourth-order valence-corrected chi connectivity index (χ4v) is 3.51. The van der Waals surface area contributed by atoms with Crippen molar-refractivity contribution in [1.29, 1.82) is 0 Å². The SMILES string of the molecule is CC(C)NC(=O)CSc1ncc(-c2ccccc2)n1-c1ccc(Cl)cc1. The molecule has 0 unspecified atom stereocenters. The first-order chi connectivity index (χ1) is 12.5. The summed E-state index contributed by atoms with van der Waals surface area (Å²) in [5.74, 6) is 0.314. The van der Waals surface area contributed by atoms with Gasteiger partial charge in [-0.15, -0.1) is 0 Å². The average Bonchev–Trinajstić information content (AvgIpc) is 3.05. The summed E-state index contributed by atoms with van der Waals surface area (Å²) in [6.45, 7) is 3.90. The Morgan fingerprint density at radius 3 is 2.50 bits per heavy atom. The van der Waals surface area contributed by atoms with E-state index in [2.05, 4.69) is 14.9 Å². The van der Waals surface area contributed by atoms with E-state index in [1.807, 2.05) is 74.6 Å². The van der Waals surface area contributed by atoms with Crippen LogP contribution in [0.5, 0.6) is 0 Å². The molecular weight excluding hydrogens is 366 g/mol. The van der Waals surface area contributed by atoms with Crippen LogP contribution in [0.4, 0.5) is 0 Å². The quantitative estimate of drug-likeness (QED) is 0.619. The summed E-state index contributed by atoms with van der Waals surface area (Å²) in [4.78, 5) is 16.6. The van der Waals surface area contributed by atoms with E-state index in [1.54, 1.807) is 0 Å². The Kier molecular flexibility index (Phi) is 6.01. The summed E-state index contributed by atoms with van der Waals surface area (Å²) in [5.41, 5.74) is 2.99. The number of hydrogen-bond acceptors (Lipinski definition) is 3. The highest BCUT2D eigenvalue weighted by Gasteiger charge is 2.15. The number of amides is 1. The molecule has 0 atom stereocenters. The molecule has 0 bridgehead atoms. The zero-order chi connectivity index (χ0) is 18.5. The second-order valence-corrected chi connectivity index (χ2v) is 7.49. The van der Waals surface area contributed by atoms with Gasteiger partial charge in [-0.2, -0.15) is 0 Å². The van der Waals surface area contributed by atoms with Crippen molar-refractivity contribution in [2.75, 3.05) is 5.75 Å². The van der Waals surface area contributed by atoms with Crippen LogP contribution in [-0.2, 0) is 4.79 Å². The molecule has 0 radical (unpaired) electrons. The third-order valence-corrected chi connectivity index (χ3v) is 4.87. The number of nitrogens with zero attached hydrogens (tertiary/aromatic N) is 2. The monoisotopic (exact) mass is 385 g/mol. The number of halogens is 1. The highest BCUT2D eigenvalue weighted by Crippen LogP contribution is 2.30. The summed E-state index contributed by atoms with van der Waals surface area (Å²) < 4.78 is 2.05. The number of aromatic nitrogens is 2. The van der Waals surface area contributed by atoms with Crippen LogP contribution >= 0.6 is 23.4 Å². The van der Waals surface area contributed by atoms with Crippen LogP contribution in [0.25, 0.3) is 16.9 Å². The standard InChI is InChI=1S/C20H20ClN3OS/c1-14(2)23-19(25)13-26-20-22-12-18(15-6-4-3-5-7-15)24(20)17-10-8-16(21)9-11-17/h3-12,14H,13H2,1-2H3,(H,23,25). The smallest absolute Gasteiger partial charge is 0.230 e. The second kappa shape index (κ2) is 8.43. The predicted octanol–water partition coefficient (Wildman–Crippen LogP) is 4.81. The lowest BCUT2D eigenvalue weighted by Crippen LogP contribution is -2.31. The van der Waals surface area contributed by atoms with Crippen LogP contribution in [0.3, 0.4) is 0 Å². The van der Waals surface area contributed by atoms with E-state index < -0.39 is 0 Å². The summed E-state index contributed by atoms with van der Waals surface area (Å²) in [6.07, 6.45) is 1.84. The Morgan fingerprint density at radius 2 is 1.85 bits per heavy atom. The van der Waals surface area contributed by atoms with Gasteiger partial charge in [0.15, 0.2) is 5.16 Å². The van der Waals surface area contributed by atoms with Crippen molar-refractivity contribution in [1.82, 2.24) is 14.9 Å². The van der Waals surface area contributed by atoms with Crippen molar-refractivity contribution < 1.29 is 4.79 Å². The maximum atomic E-state index is 12.0. The van der Waals surface area contributed by atoms with E-state index in [1.165, 1.54) is 11.8 Å². The Hall–Kier alpha value is -2.24. The largest absolute Gasteiger partial charge is 0.353 e. The molecule has 1 amide bonds. The van der Waals surface area contributed by atoms with Crippen molar-refractivity contribution in [3.63, 3.8) is 0 Å². The normalized spacial score (nSPS) is 10.9. The third kappa shape index (κ3) is 4.48. The molecule has 1 heterocycles. The molecule has 6 heteroatoms. The molecule has 2 aromatic carbocycles. The van der Waals surface area contributed by atoms with Crippen LogP contribution in [0.1, 0.15) is 13.8 Å². The number of benzene rings is 2. The highest BCUT2D eigenvalue weighted by molar-refractivity contribution is 7.99. The molecule has 26 heavy (non-hydrogen) atoms. The van der Waals surface area contributed by atoms with Crippen molar-refractivity contribution in [3.05, 3.63) is 65.8 Å². The summed E-state index contributed by atoms with van der Waals surface area (Å²) in [7, 11) is 0. The number of nitrogens with one attached hydrogen (secondary N) is 1. The zero-order valence-corrected chi connectivity index (χ0v) is 16.2. The molecule has 0 fully saturated rings. The lowest BCUT2D eigenvalue weighted by molar-refractivity contribution is -0.119. The van der Waals surface area contributed by atoms with E-state index >= 15 is 0 Å². The number of carbonyl (C=O) groups is 1. The van der Waals surface area contributed by atoms with Crippen molar-refractivity contribution >= 4 is 29.3 Å². The summed E-state index contributed by atoms with van der Waals surface area (Å²) >= 11 is 7.46. The molecule has 0 saturated heterocycles. The average molecular weight is 386 g/mol. The Labute approximate surface area is 162 Å². The molecule has 0 spiro atoms. The van der Waals surface area contributed by atoms with Crippen molar-refractivity contribution in [2.45, 2.75) is 25.0 Å². The maximum Gasteiger partial charge on any atom is 0.230 e. The molecule has 0 aliphatic carbocycles. The molecule has 1 aromatic heterocycles. The van der Waals surface area contributed by atoms with Crippen LogP contribution < -0.4 is 5.32 Å². The minimum absolute atomic E-state index is 0.00285. The highest BCUT2D eigenvalue weighted by atomic mass is 35.5. The van der Waals surface area contributed by atoms with Crippen molar-refractivity contribution in [2.24, 2.45) is 0 Å². The van der Waals surface area contributed by atoms with Crippen molar-refractivity contribution in [3.8, 4) is 16.9 Å². The number of carbonyl (C=O) groups excluding carboxylic acids is 1. The van der Waals surface area contributed by atoms with E-state index in [-0.39, 0.29) is 11.9 Å². The van der Waals surface area contributed by atoms with Gasteiger partial charge in [0.05, 0.1) is 17.6 Å². The van der Waals surface area contributed by atoms with Gasteiger partial charge in [0.1, 0.15) is 0 Å². The molecule has 0 aliphatic heterocycles. The first-order valence-corrected chi connectivity index (χ1v) is 9.72. The van der Waals surface area contributed by atoms with Crippen LogP contribution in [0.15, 0.2) is 66.0 Å². The van der Waals surface area contributed by atoms with Gasteiger partial charge in [0.25, 0.3) is 0 Å². The van der Waals surface area contributed by atoms with Gasteiger partial charge in [-0.25, -0.2) is 4.98 Å². The van der Waals surface area contributed by atoms with E-state index in [9.17, 15) is 4.79 Å². The van der Waals surface area contributed by atoms with Gasteiger partial charge in [-0.3, -0.25) is 9.36 Å². The Morgan fingerprint density at radius 1 is 1.15 bits per heavy atom. The number of rotatable bonds is 6. The van der Waals surface area contributed by atoms with E-state index in [0.717, 1.165) is 22.1 Å². The molecule has 3 rings (SSSR count). The van der Waals surface area contributed by atoms with Crippen LogP contribution in [-0.4, -0.2) is 27.3 Å². The number of thioether (sulfide) groups is 1. The molecule has 0 aliphatic rings. The maximum absolute atomic E-state index is 12.0. The molecule has 3 aromatic rings. The minimum atomic E-state index is -0.00285. The second-order valence-electron chi connectivity index (χ2n) is 6.11. The van der Waals surface area contributed by atoms with Gasteiger partial charge >= 0.3 is 0 Å². The Balaban J connectivity index is 1.95. The van der Waals surface area contributed by atoms with E-state index in [0.29, 0.717) is 10.8 Å². The molecule has 1 N–H and O–H groups in total. The van der Waals surface area contributed by atoms with Gasteiger partial charge < -0.3 is 5.32 Å². The van der Waals surface area contributed by atoms with Crippen LogP contribution in [0, 0.1) is 0 Å². The summed E-state index contributed by atoms with van der Waals surface area (Å²) in [5, 5.41) is 4.35. The first-order valence-electron chi connectivity index (χ1n) is 8.36. The van der Waals surface area contributed by atoms with Gasteiger partial charge in [-0.1, -0.05) is 53.7 Å². The molecule has 4 nitrogen and oxygen atoms in total. The third-order valence-electron chi connectivity index (χ3n) is 3.67. The number of hydrogen-bond donors (Lipinski definition) is 1. The van der Waals surface area contributed by atoms with E-state index in [4.69, 9.17) is 11.6 Å². The number of imidazole rings is 1. The van der Waals surface area contributed by atoms with Gasteiger partial charge in [0.2, 0.25) is 5.91 Å². The molecular formula is C20H20ClN3OS. The Bertz CT molecular complexity index is 876. The minimum Gasteiger partial charge on any atom is -0.353 e. The first kappa shape index (κ1) is 18.5. The summed E-state index contributed by atoms with van der Waals surface area (Å²) in [6, 6.07) is 17.8. The molecule has 0 saturated carbocycles. The predicted molar refractivity (Wildman–Crippen MR) is 108 cm³/mol. The van der Waals surface area contributed by atoms with Crippen LogP contribution in [0.2, 0.25) is 5.02 Å². The van der Waals surface area contributed by atoms with Gasteiger partial charge in [0, 0.05) is 22.3 Å². The lowest BCUT2D eigenvalue weighted by Gasteiger charge is -2.13.